The molecular formula is C11H18N4O. The van der Waals surface area contributed by atoms with Crippen molar-refractivity contribution in [3.05, 3.63) is 18.0 Å². The Hall–Kier alpha value is -1.36. The van der Waals surface area contributed by atoms with Gasteiger partial charge in [-0.3, -0.25) is 9.89 Å². The summed E-state index contributed by atoms with van der Waals surface area (Å²) in [4.78, 5) is 14.1. The molecule has 1 aromatic rings. The summed E-state index contributed by atoms with van der Waals surface area (Å²) in [5.74, 6) is 0.0473. The van der Waals surface area contributed by atoms with Crippen LogP contribution in [0.2, 0.25) is 0 Å². The molecule has 0 radical (unpaired) electrons. The third-order valence-electron chi connectivity index (χ3n) is 3.16. The topological polar surface area (TPSA) is 75.0 Å². The summed E-state index contributed by atoms with van der Waals surface area (Å²) in [6.07, 6.45) is 7.64. The number of amides is 1. The lowest BCUT2D eigenvalue weighted by atomic mass is 10.1. The molecule has 2 rings (SSSR count). The van der Waals surface area contributed by atoms with Crippen molar-refractivity contribution in [3.63, 3.8) is 0 Å². The minimum absolute atomic E-state index is 0.0473. The van der Waals surface area contributed by atoms with E-state index in [9.17, 15) is 4.79 Å². The smallest absolute Gasteiger partial charge is 0.257 e. The van der Waals surface area contributed by atoms with Crippen molar-refractivity contribution in [2.75, 3.05) is 13.1 Å². The van der Waals surface area contributed by atoms with Crippen molar-refractivity contribution in [3.8, 4) is 0 Å². The highest BCUT2D eigenvalue weighted by atomic mass is 16.2. The van der Waals surface area contributed by atoms with Crippen molar-refractivity contribution in [2.24, 2.45) is 5.73 Å². The number of carbonyl (C=O) groups excluding carboxylic acids is 1. The Balaban J connectivity index is 2.13. The first-order valence-corrected chi connectivity index (χ1v) is 5.82. The van der Waals surface area contributed by atoms with Crippen LogP contribution in [-0.2, 0) is 0 Å². The monoisotopic (exact) mass is 222 g/mol. The van der Waals surface area contributed by atoms with Crippen LogP contribution >= 0.6 is 0 Å². The van der Waals surface area contributed by atoms with Crippen LogP contribution in [0.3, 0.4) is 0 Å². The standard InChI is InChI=1S/C11H18N4O/c12-6-10-4-2-1-3-5-15(10)11(16)9-7-13-14-8-9/h7-8,10H,1-6,12H2,(H,13,14). The van der Waals surface area contributed by atoms with Crippen LogP contribution in [0.15, 0.2) is 12.4 Å². The SMILES string of the molecule is NCC1CCCCCN1C(=O)c1cn[nH]c1. The summed E-state index contributed by atoms with van der Waals surface area (Å²) < 4.78 is 0. The molecule has 5 nitrogen and oxygen atoms in total. The van der Waals surface area contributed by atoms with Crippen LogP contribution in [0.5, 0.6) is 0 Å². The fraction of sp³-hybridized carbons (Fsp3) is 0.636. The zero-order valence-electron chi connectivity index (χ0n) is 9.35. The highest BCUT2D eigenvalue weighted by molar-refractivity contribution is 5.93. The normalized spacial score (nSPS) is 21.8. The quantitative estimate of drug-likeness (QED) is 0.775. The van der Waals surface area contributed by atoms with Crippen LogP contribution in [0.1, 0.15) is 36.0 Å². The zero-order chi connectivity index (χ0) is 11.4. The maximum atomic E-state index is 12.2. The average molecular weight is 222 g/mol. The number of nitrogens with two attached hydrogens (primary N) is 1. The average Bonchev–Trinajstić information content (AvgIpc) is 2.73. The minimum Gasteiger partial charge on any atom is -0.334 e. The second kappa shape index (κ2) is 5.12. The lowest BCUT2D eigenvalue weighted by Gasteiger charge is -2.28. The van der Waals surface area contributed by atoms with Gasteiger partial charge in [-0.15, -0.1) is 0 Å². The second-order valence-corrected chi connectivity index (χ2v) is 4.22. The first-order valence-electron chi connectivity index (χ1n) is 5.82. The van der Waals surface area contributed by atoms with Gasteiger partial charge in [0.15, 0.2) is 0 Å². The number of nitrogens with one attached hydrogen (secondary N) is 1. The van der Waals surface area contributed by atoms with E-state index in [0.29, 0.717) is 12.1 Å². The zero-order valence-corrected chi connectivity index (χ0v) is 9.35. The second-order valence-electron chi connectivity index (χ2n) is 4.22. The molecule has 1 aliphatic heterocycles. The Kier molecular flexibility index (Phi) is 3.56. The van der Waals surface area contributed by atoms with Gasteiger partial charge in [-0.2, -0.15) is 5.10 Å². The molecule has 0 aromatic carbocycles. The lowest BCUT2D eigenvalue weighted by molar-refractivity contribution is 0.0689. The molecule has 88 valence electrons. The molecule has 5 heteroatoms. The number of H-pyrrole nitrogens is 1. The number of aromatic amines is 1. The summed E-state index contributed by atoms with van der Waals surface area (Å²) in [5.41, 5.74) is 6.36. The van der Waals surface area contributed by atoms with E-state index in [1.807, 2.05) is 4.90 Å². The van der Waals surface area contributed by atoms with Crippen molar-refractivity contribution >= 4 is 5.91 Å². The number of carbonyl (C=O) groups is 1. The molecule has 1 aromatic heterocycles. The minimum atomic E-state index is 0.0473. The summed E-state index contributed by atoms with van der Waals surface area (Å²) in [7, 11) is 0. The van der Waals surface area contributed by atoms with Gasteiger partial charge in [0.1, 0.15) is 0 Å². The number of hydrogen-bond donors (Lipinski definition) is 2. The van der Waals surface area contributed by atoms with E-state index in [-0.39, 0.29) is 11.9 Å². The molecular weight excluding hydrogens is 204 g/mol. The van der Waals surface area contributed by atoms with Crippen molar-refractivity contribution in [1.82, 2.24) is 15.1 Å². The predicted molar refractivity (Wildman–Crippen MR) is 60.9 cm³/mol. The first kappa shape index (κ1) is 11.1. The molecule has 0 spiro atoms. The number of rotatable bonds is 2. The van der Waals surface area contributed by atoms with Gasteiger partial charge in [-0.25, -0.2) is 0 Å². The Morgan fingerprint density at radius 3 is 3.12 bits per heavy atom. The number of likely N-dealkylation sites (tertiary alicyclic amines) is 1. The van der Waals surface area contributed by atoms with E-state index in [0.717, 1.165) is 25.8 Å². The van der Waals surface area contributed by atoms with Crippen molar-refractivity contribution in [2.45, 2.75) is 31.7 Å². The van der Waals surface area contributed by atoms with Crippen LogP contribution in [0.4, 0.5) is 0 Å². The van der Waals surface area contributed by atoms with E-state index < -0.39 is 0 Å². The van der Waals surface area contributed by atoms with E-state index in [1.165, 1.54) is 6.42 Å². The molecule has 3 N–H and O–H groups in total. The van der Waals surface area contributed by atoms with E-state index in [4.69, 9.17) is 5.73 Å². The molecule has 1 unspecified atom stereocenters. The Morgan fingerprint density at radius 2 is 2.44 bits per heavy atom. The number of hydrogen-bond acceptors (Lipinski definition) is 3. The maximum Gasteiger partial charge on any atom is 0.257 e. The molecule has 1 amide bonds. The molecule has 1 aliphatic rings. The summed E-state index contributed by atoms with van der Waals surface area (Å²) in [6, 6.07) is 0.185. The highest BCUT2D eigenvalue weighted by Gasteiger charge is 2.25. The predicted octanol–water partition coefficient (Wildman–Crippen LogP) is 0.753. The summed E-state index contributed by atoms with van der Waals surface area (Å²) in [5, 5.41) is 6.48. The maximum absolute atomic E-state index is 12.2. The van der Waals surface area contributed by atoms with E-state index in [1.54, 1.807) is 12.4 Å². The number of aromatic nitrogens is 2. The van der Waals surface area contributed by atoms with Gasteiger partial charge in [0, 0.05) is 25.3 Å². The number of nitrogens with zero attached hydrogens (tertiary/aromatic N) is 2. The van der Waals surface area contributed by atoms with Crippen LogP contribution < -0.4 is 5.73 Å². The van der Waals surface area contributed by atoms with Crippen molar-refractivity contribution in [1.29, 1.82) is 0 Å². The fourth-order valence-electron chi connectivity index (χ4n) is 2.22. The third kappa shape index (κ3) is 2.24. The van der Waals surface area contributed by atoms with Gasteiger partial charge in [-0.1, -0.05) is 12.8 Å². The van der Waals surface area contributed by atoms with Gasteiger partial charge in [0.2, 0.25) is 0 Å². The molecule has 0 aliphatic carbocycles. The largest absolute Gasteiger partial charge is 0.334 e. The van der Waals surface area contributed by atoms with Crippen molar-refractivity contribution < 1.29 is 4.79 Å². The van der Waals surface area contributed by atoms with Gasteiger partial charge >= 0.3 is 0 Å². The molecule has 0 saturated carbocycles. The fourth-order valence-corrected chi connectivity index (χ4v) is 2.22. The molecule has 2 heterocycles. The summed E-state index contributed by atoms with van der Waals surface area (Å²) >= 11 is 0. The van der Waals surface area contributed by atoms with Gasteiger partial charge in [-0.05, 0) is 12.8 Å². The molecule has 1 atom stereocenters. The van der Waals surface area contributed by atoms with E-state index >= 15 is 0 Å². The lowest BCUT2D eigenvalue weighted by Crippen LogP contribution is -2.44. The Labute approximate surface area is 95.0 Å². The third-order valence-corrected chi connectivity index (χ3v) is 3.16. The van der Waals surface area contributed by atoms with Gasteiger partial charge in [0.25, 0.3) is 5.91 Å². The highest BCUT2D eigenvalue weighted by Crippen LogP contribution is 2.18. The molecule has 1 saturated heterocycles. The van der Waals surface area contributed by atoms with Gasteiger partial charge in [0.05, 0.1) is 11.8 Å². The van der Waals surface area contributed by atoms with Crippen LogP contribution in [0.25, 0.3) is 0 Å². The molecule has 1 fully saturated rings. The molecule has 0 bridgehead atoms. The van der Waals surface area contributed by atoms with Crippen LogP contribution in [0, 0.1) is 0 Å². The summed E-state index contributed by atoms with van der Waals surface area (Å²) in [6.45, 7) is 1.36. The molecule has 16 heavy (non-hydrogen) atoms. The first-order chi connectivity index (χ1) is 7.83. The Bertz CT molecular complexity index is 336. The van der Waals surface area contributed by atoms with Crippen LogP contribution in [-0.4, -0.2) is 40.1 Å². The Morgan fingerprint density at radius 1 is 1.56 bits per heavy atom. The van der Waals surface area contributed by atoms with Gasteiger partial charge < -0.3 is 10.6 Å². The van der Waals surface area contributed by atoms with E-state index in [2.05, 4.69) is 10.2 Å².